The van der Waals surface area contributed by atoms with Crippen LogP contribution in [0.3, 0.4) is 0 Å². The number of likely N-dealkylation sites (N-methyl/N-ethyl adjacent to an activating group) is 1. The van der Waals surface area contributed by atoms with Crippen LogP contribution in [0.15, 0.2) is 48.9 Å². The zero-order chi connectivity index (χ0) is 19.8. The minimum atomic E-state index is -0.0912. The topological polar surface area (TPSA) is 79.2 Å². The number of hydrogen-bond acceptors (Lipinski definition) is 6. The van der Waals surface area contributed by atoms with E-state index in [1.807, 2.05) is 35.3 Å². The van der Waals surface area contributed by atoms with E-state index in [1.165, 1.54) is 5.56 Å². The third-order valence-electron chi connectivity index (χ3n) is 5.58. The van der Waals surface area contributed by atoms with Crippen molar-refractivity contribution in [2.75, 3.05) is 28.7 Å². The van der Waals surface area contributed by atoms with Crippen molar-refractivity contribution in [2.24, 2.45) is 0 Å². The van der Waals surface area contributed by atoms with Gasteiger partial charge < -0.3 is 15.1 Å². The van der Waals surface area contributed by atoms with Crippen molar-refractivity contribution in [2.45, 2.75) is 32.0 Å². The highest BCUT2D eigenvalue weighted by molar-refractivity contribution is 6.04. The molecule has 1 aromatic carbocycles. The third kappa shape index (κ3) is 3.30. The highest BCUT2D eigenvalue weighted by atomic mass is 16.2. The highest BCUT2D eigenvalue weighted by Crippen LogP contribution is 2.37. The van der Waals surface area contributed by atoms with E-state index >= 15 is 0 Å². The van der Waals surface area contributed by atoms with E-state index in [2.05, 4.69) is 32.4 Å². The summed E-state index contributed by atoms with van der Waals surface area (Å²) in [5, 5.41) is 7.73. The summed E-state index contributed by atoms with van der Waals surface area (Å²) in [6, 6.07) is 10.2. The van der Waals surface area contributed by atoms with Gasteiger partial charge in [0.2, 0.25) is 11.9 Å². The van der Waals surface area contributed by atoms with Crippen LogP contribution in [-0.4, -0.2) is 45.3 Å². The van der Waals surface area contributed by atoms with E-state index in [0.29, 0.717) is 12.5 Å². The molecule has 2 aromatic heterocycles. The predicted molar refractivity (Wildman–Crippen MR) is 111 cm³/mol. The quantitative estimate of drug-likeness (QED) is 0.721. The van der Waals surface area contributed by atoms with Crippen molar-refractivity contribution < 1.29 is 4.79 Å². The second-order valence-corrected chi connectivity index (χ2v) is 7.54. The fourth-order valence-electron chi connectivity index (χ4n) is 4.05. The van der Waals surface area contributed by atoms with Gasteiger partial charge in [0, 0.05) is 31.9 Å². The molecule has 4 heterocycles. The number of fused-ring (bicyclic) bond motifs is 3. The number of aromatic nitrogens is 4. The molecule has 1 amide bonds. The molecule has 5 rings (SSSR count). The van der Waals surface area contributed by atoms with Gasteiger partial charge in [-0.15, -0.1) is 0 Å². The van der Waals surface area contributed by atoms with Crippen LogP contribution >= 0.6 is 0 Å². The lowest BCUT2D eigenvalue weighted by Crippen LogP contribution is -2.49. The van der Waals surface area contributed by atoms with Crippen molar-refractivity contribution in [1.82, 2.24) is 19.7 Å². The van der Waals surface area contributed by atoms with Gasteiger partial charge in [-0.1, -0.05) is 30.3 Å². The number of hydrogen-bond donors (Lipinski definition) is 1. The van der Waals surface area contributed by atoms with E-state index in [9.17, 15) is 4.79 Å². The van der Waals surface area contributed by atoms with E-state index < -0.39 is 0 Å². The molecule has 0 radical (unpaired) electrons. The number of benzene rings is 1. The largest absolute Gasteiger partial charge is 0.350 e. The lowest BCUT2D eigenvalue weighted by molar-refractivity contribution is -0.119. The Bertz CT molecular complexity index is 1030. The second kappa shape index (κ2) is 7.20. The first kappa shape index (κ1) is 17.7. The van der Waals surface area contributed by atoms with Crippen molar-refractivity contribution in [3.63, 3.8) is 0 Å². The van der Waals surface area contributed by atoms with Gasteiger partial charge in [0.1, 0.15) is 11.7 Å². The molecule has 8 nitrogen and oxygen atoms in total. The Morgan fingerprint density at radius 1 is 1.17 bits per heavy atom. The summed E-state index contributed by atoms with van der Waals surface area (Å²) < 4.78 is 1.93. The molecule has 148 valence electrons. The monoisotopic (exact) mass is 389 g/mol. The van der Waals surface area contributed by atoms with E-state index in [0.717, 1.165) is 43.0 Å². The minimum Gasteiger partial charge on any atom is -0.350 e. The number of amides is 1. The molecule has 2 aliphatic heterocycles. The highest BCUT2D eigenvalue weighted by Gasteiger charge is 2.40. The first-order chi connectivity index (χ1) is 14.2. The molecule has 1 fully saturated rings. The van der Waals surface area contributed by atoms with Gasteiger partial charge in [-0.2, -0.15) is 10.1 Å². The SMILES string of the molecule is CN1C(=O)[C@@H]2CCCN2c2nc(NCc3cnn(Cc4ccccc4)c3)ncc21. The third-order valence-corrected chi connectivity index (χ3v) is 5.58. The molecule has 1 saturated heterocycles. The van der Waals surface area contributed by atoms with E-state index in [-0.39, 0.29) is 11.9 Å². The Kier molecular flexibility index (Phi) is 4.38. The molecule has 29 heavy (non-hydrogen) atoms. The zero-order valence-corrected chi connectivity index (χ0v) is 16.3. The summed E-state index contributed by atoms with van der Waals surface area (Å²) in [6.45, 7) is 2.19. The van der Waals surface area contributed by atoms with Gasteiger partial charge in [0.05, 0.1) is 18.9 Å². The standard InChI is InChI=1S/C21H23N7O/c1-26-18-12-23-21(25-19(18)28-9-5-8-17(28)20(26)29)22-10-16-11-24-27(14-16)13-15-6-3-2-4-7-15/h2-4,6-7,11-12,14,17H,5,8-10,13H2,1H3,(H,22,23,25)/t17-/m0/s1. The number of carbonyl (C=O) groups is 1. The Morgan fingerprint density at radius 2 is 2.03 bits per heavy atom. The van der Waals surface area contributed by atoms with Gasteiger partial charge in [-0.05, 0) is 18.4 Å². The number of rotatable bonds is 5. The molecule has 0 bridgehead atoms. The molecule has 2 aliphatic rings. The molecule has 0 aliphatic carbocycles. The zero-order valence-electron chi connectivity index (χ0n) is 16.3. The summed E-state index contributed by atoms with van der Waals surface area (Å²) in [5.74, 6) is 1.53. The summed E-state index contributed by atoms with van der Waals surface area (Å²) in [4.78, 5) is 25.4. The van der Waals surface area contributed by atoms with Gasteiger partial charge >= 0.3 is 0 Å². The molecular formula is C21H23N7O. The van der Waals surface area contributed by atoms with Gasteiger partial charge in [-0.25, -0.2) is 4.98 Å². The number of nitrogens with one attached hydrogen (secondary N) is 1. The first-order valence-corrected chi connectivity index (χ1v) is 9.89. The maximum Gasteiger partial charge on any atom is 0.249 e. The average molecular weight is 389 g/mol. The normalized spacial score (nSPS) is 18.0. The number of anilines is 3. The fourth-order valence-corrected chi connectivity index (χ4v) is 4.05. The molecule has 1 atom stereocenters. The molecule has 3 aromatic rings. The van der Waals surface area contributed by atoms with Crippen molar-refractivity contribution >= 4 is 23.4 Å². The summed E-state index contributed by atoms with van der Waals surface area (Å²) >= 11 is 0. The maximum absolute atomic E-state index is 12.5. The summed E-state index contributed by atoms with van der Waals surface area (Å²) in [6.07, 6.45) is 7.52. The van der Waals surface area contributed by atoms with E-state index in [4.69, 9.17) is 4.98 Å². The van der Waals surface area contributed by atoms with Crippen LogP contribution in [-0.2, 0) is 17.9 Å². The molecule has 1 N–H and O–H groups in total. The predicted octanol–water partition coefficient (Wildman–Crippen LogP) is 2.28. The lowest BCUT2D eigenvalue weighted by Gasteiger charge is -2.36. The Hall–Kier alpha value is -3.42. The van der Waals surface area contributed by atoms with Crippen molar-refractivity contribution in [3.8, 4) is 0 Å². The van der Waals surface area contributed by atoms with Gasteiger partial charge in [0.25, 0.3) is 0 Å². The van der Waals surface area contributed by atoms with Crippen molar-refractivity contribution in [3.05, 3.63) is 60.0 Å². The van der Waals surface area contributed by atoms with Gasteiger partial charge in [0.15, 0.2) is 5.82 Å². The van der Waals surface area contributed by atoms with Crippen LogP contribution in [0, 0.1) is 0 Å². The van der Waals surface area contributed by atoms with Crippen LogP contribution in [0.4, 0.5) is 17.5 Å². The Balaban J connectivity index is 1.29. The second-order valence-electron chi connectivity index (χ2n) is 7.54. The Labute approximate surface area is 169 Å². The average Bonchev–Trinajstić information content (AvgIpc) is 3.41. The van der Waals surface area contributed by atoms with Crippen molar-refractivity contribution in [1.29, 1.82) is 0 Å². The lowest BCUT2D eigenvalue weighted by atomic mass is 10.1. The van der Waals surface area contributed by atoms with Crippen LogP contribution in [0.2, 0.25) is 0 Å². The number of nitrogens with zero attached hydrogens (tertiary/aromatic N) is 6. The summed E-state index contributed by atoms with van der Waals surface area (Å²) in [5.41, 5.74) is 3.05. The molecule has 0 spiro atoms. The minimum absolute atomic E-state index is 0.0912. The van der Waals surface area contributed by atoms with E-state index in [1.54, 1.807) is 18.1 Å². The summed E-state index contributed by atoms with van der Waals surface area (Å²) in [7, 11) is 1.80. The molecular weight excluding hydrogens is 366 g/mol. The van der Waals surface area contributed by atoms with Crippen LogP contribution in [0.25, 0.3) is 0 Å². The Morgan fingerprint density at radius 3 is 2.90 bits per heavy atom. The fraction of sp³-hybridized carbons (Fsp3) is 0.333. The smallest absolute Gasteiger partial charge is 0.249 e. The first-order valence-electron chi connectivity index (χ1n) is 9.89. The van der Waals surface area contributed by atoms with Crippen LogP contribution < -0.4 is 15.1 Å². The molecule has 0 unspecified atom stereocenters. The molecule has 8 heteroatoms. The van der Waals surface area contributed by atoms with Crippen LogP contribution in [0.1, 0.15) is 24.0 Å². The maximum atomic E-state index is 12.5. The molecule has 0 saturated carbocycles. The van der Waals surface area contributed by atoms with Gasteiger partial charge in [-0.3, -0.25) is 9.48 Å². The number of carbonyl (C=O) groups excluding carboxylic acids is 1. The van der Waals surface area contributed by atoms with Crippen LogP contribution in [0.5, 0.6) is 0 Å².